The van der Waals surface area contributed by atoms with Gasteiger partial charge in [-0.3, -0.25) is 9.88 Å². The quantitative estimate of drug-likeness (QED) is 0.823. The van der Waals surface area contributed by atoms with Crippen LogP contribution in [-0.2, 0) is 4.74 Å². The normalized spacial score (nSPS) is 15.0. The van der Waals surface area contributed by atoms with Crippen molar-refractivity contribution in [2.45, 2.75) is 6.92 Å². The minimum absolute atomic E-state index is 0. The Labute approximate surface area is 157 Å². The van der Waals surface area contributed by atoms with Gasteiger partial charge in [0.1, 0.15) is 5.56 Å². The standard InChI is InChI=1S/C17H20ClN3O3.ClH/c1-11-14(18)3-2-12-15(11)20-10-13(17(22)23)16(12)19-4-5-21-6-8-24-9-7-21;/h2-3,10H,4-9H2,1H3,(H,19,20)(H,22,23);1H. The van der Waals surface area contributed by atoms with Crippen molar-refractivity contribution in [3.8, 4) is 0 Å². The van der Waals surface area contributed by atoms with E-state index in [9.17, 15) is 9.90 Å². The average molecular weight is 386 g/mol. The van der Waals surface area contributed by atoms with Crippen LogP contribution in [0.4, 0.5) is 5.69 Å². The molecule has 2 N–H and O–H groups in total. The Hall–Kier alpha value is -1.60. The Kier molecular flexibility index (Phi) is 6.84. The smallest absolute Gasteiger partial charge is 0.339 e. The van der Waals surface area contributed by atoms with Crippen molar-refractivity contribution < 1.29 is 14.6 Å². The second kappa shape index (κ2) is 8.67. The Morgan fingerprint density at radius 2 is 2.12 bits per heavy atom. The fraction of sp³-hybridized carbons (Fsp3) is 0.412. The minimum atomic E-state index is -0.995. The molecule has 136 valence electrons. The van der Waals surface area contributed by atoms with Crippen LogP contribution in [0.1, 0.15) is 15.9 Å². The van der Waals surface area contributed by atoms with Gasteiger partial charge in [0.05, 0.1) is 24.4 Å². The van der Waals surface area contributed by atoms with Gasteiger partial charge in [-0.2, -0.15) is 0 Å². The molecule has 3 rings (SSSR count). The maximum absolute atomic E-state index is 11.5. The molecular formula is C17H21Cl2N3O3. The van der Waals surface area contributed by atoms with E-state index < -0.39 is 5.97 Å². The molecule has 25 heavy (non-hydrogen) atoms. The molecule has 0 spiro atoms. The van der Waals surface area contributed by atoms with Gasteiger partial charge in [-0.15, -0.1) is 12.4 Å². The second-order valence-electron chi connectivity index (χ2n) is 5.80. The van der Waals surface area contributed by atoms with Gasteiger partial charge in [0.2, 0.25) is 0 Å². The van der Waals surface area contributed by atoms with Crippen molar-refractivity contribution in [1.82, 2.24) is 9.88 Å². The highest BCUT2D eigenvalue weighted by Gasteiger charge is 2.17. The van der Waals surface area contributed by atoms with E-state index in [0.717, 1.165) is 49.3 Å². The molecule has 6 nitrogen and oxygen atoms in total. The molecule has 2 heterocycles. The number of aryl methyl sites for hydroxylation is 1. The lowest BCUT2D eigenvalue weighted by atomic mass is 10.1. The van der Waals surface area contributed by atoms with Crippen molar-refractivity contribution >= 4 is 46.6 Å². The molecule has 8 heteroatoms. The van der Waals surface area contributed by atoms with Gasteiger partial charge in [0, 0.05) is 42.8 Å². The summed E-state index contributed by atoms with van der Waals surface area (Å²) in [5.74, 6) is -0.995. The number of carboxylic acid groups (broad SMARTS) is 1. The molecule has 0 aliphatic carbocycles. The highest BCUT2D eigenvalue weighted by molar-refractivity contribution is 6.32. The van der Waals surface area contributed by atoms with E-state index >= 15 is 0 Å². The molecule has 1 aliphatic heterocycles. The number of anilines is 1. The number of carboxylic acids is 1. The first-order valence-corrected chi connectivity index (χ1v) is 8.31. The molecule has 1 aromatic carbocycles. The van der Waals surface area contributed by atoms with Gasteiger partial charge in [0.25, 0.3) is 0 Å². The number of benzene rings is 1. The van der Waals surface area contributed by atoms with Crippen LogP contribution in [0.15, 0.2) is 18.3 Å². The van der Waals surface area contributed by atoms with Crippen molar-refractivity contribution in [3.05, 3.63) is 34.5 Å². The van der Waals surface area contributed by atoms with Crippen LogP contribution in [0.5, 0.6) is 0 Å². The topological polar surface area (TPSA) is 74.7 Å². The fourth-order valence-corrected chi connectivity index (χ4v) is 3.05. The number of hydrogen-bond acceptors (Lipinski definition) is 5. The lowest BCUT2D eigenvalue weighted by Gasteiger charge is -2.26. The number of hydrogen-bond donors (Lipinski definition) is 2. The third-order valence-corrected chi connectivity index (χ3v) is 4.70. The van der Waals surface area contributed by atoms with Crippen LogP contribution in [0.25, 0.3) is 10.9 Å². The summed E-state index contributed by atoms with van der Waals surface area (Å²) in [5.41, 5.74) is 2.34. The van der Waals surface area contributed by atoms with Gasteiger partial charge >= 0.3 is 5.97 Å². The summed E-state index contributed by atoms with van der Waals surface area (Å²) in [6.45, 7) is 6.67. The predicted octanol–water partition coefficient (Wildman–Crippen LogP) is 3.06. The average Bonchev–Trinajstić information content (AvgIpc) is 2.59. The van der Waals surface area contributed by atoms with Crippen LogP contribution in [0.2, 0.25) is 5.02 Å². The Morgan fingerprint density at radius 1 is 1.40 bits per heavy atom. The number of halogens is 2. The van der Waals surface area contributed by atoms with Gasteiger partial charge in [-0.05, 0) is 24.6 Å². The summed E-state index contributed by atoms with van der Waals surface area (Å²) in [4.78, 5) is 18.1. The summed E-state index contributed by atoms with van der Waals surface area (Å²) in [7, 11) is 0. The van der Waals surface area contributed by atoms with Crippen LogP contribution < -0.4 is 5.32 Å². The van der Waals surface area contributed by atoms with E-state index in [1.165, 1.54) is 6.20 Å². The zero-order valence-electron chi connectivity index (χ0n) is 13.9. The van der Waals surface area contributed by atoms with E-state index in [0.29, 0.717) is 17.3 Å². The van der Waals surface area contributed by atoms with E-state index in [4.69, 9.17) is 16.3 Å². The number of nitrogens with one attached hydrogen (secondary N) is 1. The summed E-state index contributed by atoms with van der Waals surface area (Å²) >= 11 is 6.15. The van der Waals surface area contributed by atoms with E-state index in [1.54, 1.807) is 6.07 Å². The monoisotopic (exact) mass is 385 g/mol. The van der Waals surface area contributed by atoms with Gasteiger partial charge in [-0.25, -0.2) is 4.79 Å². The molecule has 1 saturated heterocycles. The Morgan fingerprint density at radius 3 is 2.80 bits per heavy atom. The maximum atomic E-state index is 11.5. The first-order valence-electron chi connectivity index (χ1n) is 7.93. The molecule has 0 atom stereocenters. The van der Waals surface area contributed by atoms with Crippen molar-refractivity contribution in [2.24, 2.45) is 0 Å². The fourth-order valence-electron chi connectivity index (χ4n) is 2.90. The lowest BCUT2D eigenvalue weighted by Crippen LogP contribution is -2.39. The number of nitrogens with zero attached hydrogens (tertiary/aromatic N) is 2. The molecule has 0 unspecified atom stereocenters. The summed E-state index contributed by atoms with van der Waals surface area (Å²) in [5, 5.41) is 14.1. The van der Waals surface area contributed by atoms with Gasteiger partial charge < -0.3 is 15.2 Å². The molecule has 0 saturated carbocycles. The predicted molar refractivity (Wildman–Crippen MR) is 101 cm³/mol. The lowest BCUT2D eigenvalue weighted by molar-refractivity contribution is 0.0398. The molecule has 0 bridgehead atoms. The van der Waals surface area contributed by atoms with E-state index in [2.05, 4.69) is 15.2 Å². The number of pyridine rings is 1. The van der Waals surface area contributed by atoms with Crippen LogP contribution in [-0.4, -0.2) is 60.4 Å². The zero-order chi connectivity index (χ0) is 17.1. The molecule has 0 amide bonds. The summed E-state index contributed by atoms with van der Waals surface area (Å²) in [6.07, 6.45) is 1.39. The highest BCUT2D eigenvalue weighted by Crippen LogP contribution is 2.31. The van der Waals surface area contributed by atoms with Crippen LogP contribution in [0.3, 0.4) is 0 Å². The number of rotatable bonds is 5. The number of ether oxygens (including phenoxy) is 1. The maximum Gasteiger partial charge on any atom is 0.339 e. The largest absolute Gasteiger partial charge is 0.478 e. The molecule has 0 radical (unpaired) electrons. The minimum Gasteiger partial charge on any atom is -0.478 e. The number of morpholine rings is 1. The molecule has 1 aliphatic rings. The number of carbonyl (C=O) groups is 1. The van der Waals surface area contributed by atoms with Crippen molar-refractivity contribution in [1.29, 1.82) is 0 Å². The number of aromatic nitrogens is 1. The van der Waals surface area contributed by atoms with Gasteiger partial charge in [-0.1, -0.05) is 11.6 Å². The number of fused-ring (bicyclic) bond motifs is 1. The summed E-state index contributed by atoms with van der Waals surface area (Å²) in [6, 6.07) is 3.60. The van der Waals surface area contributed by atoms with E-state index in [-0.39, 0.29) is 18.0 Å². The molecule has 2 aromatic rings. The Balaban J connectivity index is 0.00000225. The highest BCUT2D eigenvalue weighted by atomic mass is 35.5. The Bertz CT molecular complexity index is 764. The van der Waals surface area contributed by atoms with E-state index in [1.807, 2.05) is 13.0 Å². The third-order valence-electron chi connectivity index (χ3n) is 4.29. The van der Waals surface area contributed by atoms with Crippen molar-refractivity contribution in [2.75, 3.05) is 44.7 Å². The molecule has 1 aromatic heterocycles. The molecule has 1 fully saturated rings. The van der Waals surface area contributed by atoms with Crippen LogP contribution >= 0.6 is 24.0 Å². The number of aromatic carboxylic acids is 1. The first-order chi connectivity index (χ1) is 11.6. The zero-order valence-corrected chi connectivity index (χ0v) is 15.5. The third kappa shape index (κ3) is 4.33. The SMILES string of the molecule is Cc1c(Cl)ccc2c(NCCN3CCOCC3)c(C(=O)O)cnc12.Cl. The summed E-state index contributed by atoms with van der Waals surface area (Å²) < 4.78 is 5.34. The van der Waals surface area contributed by atoms with Crippen LogP contribution in [0, 0.1) is 6.92 Å². The second-order valence-corrected chi connectivity index (χ2v) is 6.21. The first kappa shape index (κ1) is 19.7. The van der Waals surface area contributed by atoms with Crippen molar-refractivity contribution in [3.63, 3.8) is 0 Å². The molecular weight excluding hydrogens is 365 g/mol. The van der Waals surface area contributed by atoms with Gasteiger partial charge in [0.15, 0.2) is 0 Å².